The Kier molecular flexibility index (Phi) is 6.18. The molecule has 0 unspecified atom stereocenters. The van der Waals surface area contributed by atoms with Gasteiger partial charge in [0.2, 0.25) is 0 Å². The van der Waals surface area contributed by atoms with Crippen molar-refractivity contribution in [3.05, 3.63) is 34.1 Å². The summed E-state index contributed by atoms with van der Waals surface area (Å²) in [4.78, 5) is 14.5. The summed E-state index contributed by atoms with van der Waals surface area (Å²) in [7, 11) is 0. The molecule has 3 nitrogen and oxygen atoms in total. The number of halogens is 2. The number of amides is 1. The van der Waals surface area contributed by atoms with Crippen molar-refractivity contribution < 1.29 is 9.18 Å². The molecule has 0 atom stereocenters. The number of piperidine rings is 1. The van der Waals surface area contributed by atoms with Crippen molar-refractivity contribution in [1.82, 2.24) is 10.2 Å². The van der Waals surface area contributed by atoms with Gasteiger partial charge in [0.15, 0.2) is 0 Å². The second-order valence-corrected chi connectivity index (χ2v) is 6.43. The van der Waals surface area contributed by atoms with Crippen LogP contribution in [0.4, 0.5) is 4.39 Å². The van der Waals surface area contributed by atoms with Crippen LogP contribution in [0.25, 0.3) is 0 Å². The third kappa shape index (κ3) is 4.51. The monoisotopic (exact) mass is 356 g/mol. The molecule has 0 aromatic heterocycles. The van der Waals surface area contributed by atoms with E-state index >= 15 is 0 Å². The first-order valence-electron chi connectivity index (χ1n) is 7.57. The SMILES string of the molecule is CCCN(CC1CCNCC1)C(=O)c1ccc(Br)c(F)c1. The Morgan fingerprint density at radius 2 is 2.14 bits per heavy atom. The highest BCUT2D eigenvalue weighted by Crippen LogP contribution is 2.19. The molecular weight excluding hydrogens is 335 g/mol. The predicted molar refractivity (Wildman–Crippen MR) is 85.9 cm³/mol. The van der Waals surface area contributed by atoms with Crippen molar-refractivity contribution >= 4 is 21.8 Å². The average molecular weight is 357 g/mol. The van der Waals surface area contributed by atoms with E-state index in [0.717, 1.165) is 45.4 Å². The molecule has 21 heavy (non-hydrogen) atoms. The Morgan fingerprint density at radius 3 is 2.76 bits per heavy atom. The molecule has 0 radical (unpaired) electrons. The van der Waals surface area contributed by atoms with Crippen LogP contribution in [-0.2, 0) is 0 Å². The van der Waals surface area contributed by atoms with Gasteiger partial charge >= 0.3 is 0 Å². The van der Waals surface area contributed by atoms with Gasteiger partial charge in [0, 0.05) is 18.7 Å². The summed E-state index contributed by atoms with van der Waals surface area (Å²) in [6, 6.07) is 4.59. The molecule has 1 aliphatic rings. The van der Waals surface area contributed by atoms with Gasteiger partial charge in [-0.25, -0.2) is 4.39 Å². The fourth-order valence-corrected chi connectivity index (χ4v) is 2.98. The van der Waals surface area contributed by atoms with E-state index in [1.807, 2.05) is 4.90 Å². The van der Waals surface area contributed by atoms with E-state index in [4.69, 9.17) is 0 Å². The zero-order valence-electron chi connectivity index (χ0n) is 12.4. The van der Waals surface area contributed by atoms with Gasteiger partial charge in [-0.15, -0.1) is 0 Å². The molecule has 0 saturated carbocycles. The fourth-order valence-electron chi connectivity index (χ4n) is 2.73. The minimum atomic E-state index is -0.390. The van der Waals surface area contributed by atoms with E-state index < -0.39 is 0 Å². The molecule has 1 saturated heterocycles. The zero-order valence-corrected chi connectivity index (χ0v) is 14.0. The van der Waals surface area contributed by atoms with E-state index in [-0.39, 0.29) is 11.7 Å². The maximum Gasteiger partial charge on any atom is 0.253 e. The Balaban J connectivity index is 2.08. The normalized spacial score (nSPS) is 16.0. The van der Waals surface area contributed by atoms with Gasteiger partial charge < -0.3 is 10.2 Å². The van der Waals surface area contributed by atoms with Crippen molar-refractivity contribution in [2.45, 2.75) is 26.2 Å². The average Bonchev–Trinajstić information content (AvgIpc) is 2.50. The lowest BCUT2D eigenvalue weighted by Crippen LogP contribution is -2.39. The second kappa shape index (κ2) is 7.90. The Bertz CT molecular complexity index is 489. The lowest BCUT2D eigenvalue weighted by atomic mass is 9.97. The zero-order chi connectivity index (χ0) is 15.2. The Morgan fingerprint density at radius 1 is 1.43 bits per heavy atom. The van der Waals surface area contributed by atoms with Crippen molar-refractivity contribution in [1.29, 1.82) is 0 Å². The van der Waals surface area contributed by atoms with Crippen molar-refractivity contribution in [3.63, 3.8) is 0 Å². The number of carbonyl (C=O) groups excluding carboxylic acids is 1. The van der Waals surface area contributed by atoms with Crippen LogP contribution < -0.4 is 5.32 Å². The van der Waals surface area contributed by atoms with E-state index in [1.54, 1.807) is 12.1 Å². The van der Waals surface area contributed by atoms with Crippen molar-refractivity contribution in [3.8, 4) is 0 Å². The highest BCUT2D eigenvalue weighted by molar-refractivity contribution is 9.10. The first kappa shape index (κ1) is 16.4. The Labute approximate surface area is 134 Å². The van der Waals surface area contributed by atoms with Gasteiger partial charge in [0.1, 0.15) is 5.82 Å². The largest absolute Gasteiger partial charge is 0.338 e. The summed E-state index contributed by atoms with van der Waals surface area (Å²) in [6.07, 6.45) is 3.11. The third-order valence-corrected chi connectivity index (χ3v) is 4.53. The summed E-state index contributed by atoms with van der Waals surface area (Å²) in [5.74, 6) is 0.0861. The summed E-state index contributed by atoms with van der Waals surface area (Å²) in [5, 5.41) is 3.34. The highest BCUT2D eigenvalue weighted by Gasteiger charge is 2.21. The molecule has 1 aliphatic heterocycles. The number of nitrogens with one attached hydrogen (secondary N) is 1. The lowest BCUT2D eigenvalue weighted by Gasteiger charge is -2.30. The van der Waals surface area contributed by atoms with E-state index in [2.05, 4.69) is 28.2 Å². The molecule has 1 fully saturated rings. The van der Waals surface area contributed by atoms with Crippen LogP contribution in [0.15, 0.2) is 22.7 Å². The number of carbonyl (C=O) groups is 1. The van der Waals surface area contributed by atoms with Crippen molar-refractivity contribution in [2.24, 2.45) is 5.92 Å². The molecule has 1 N–H and O–H groups in total. The van der Waals surface area contributed by atoms with Crippen molar-refractivity contribution in [2.75, 3.05) is 26.2 Å². The lowest BCUT2D eigenvalue weighted by molar-refractivity contribution is 0.0716. The number of rotatable bonds is 5. The van der Waals surface area contributed by atoms with Gasteiger partial charge in [-0.1, -0.05) is 6.92 Å². The van der Waals surface area contributed by atoms with Gasteiger partial charge in [-0.3, -0.25) is 4.79 Å². The highest BCUT2D eigenvalue weighted by atomic mass is 79.9. The van der Waals surface area contributed by atoms with E-state index in [9.17, 15) is 9.18 Å². The van der Waals surface area contributed by atoms with Crippen LogP contribution in [0.5, 0.6) is 0 Å². The van der Waals surface area contributed by atoms with Gasteiger partial charge in [0.05, 0.1) is 4.47 Å². The summed E-state index contributed by atoms with van der Waals surface area (Å²) < 4.78 is 14.0. The molecule has 0 aliphatic carbocycles. The number of benzene rings is 1. The number of hydrogen-bond donors (Lipinski definition) is 1. The first-order chi connectivity index (χ1) is 10.1. The van der Waals surface area contributed by atoms with Crippen LogP contribution in [0.2, 0.25) is 0 Å². The molecule has 1 heterocycles. The standard InChI is InChI=1S/C16H22BrFN2O/c1-2-9-20(11-12-5-7-19-8-6-12)16(21)13-3-4-14(17)15(18)10-13/h3-4,10,12,19H,2,5-9,11H2,1H3. The number of hydrogen-bond acceptors (Lipinski definition) is 2. The summed E-state index contributed by atoms with van der Waals surface area (Å²) in [5.41, 5.74) is 0.429. The first-order valence-corrected chi connectivity index (χ1v) is 8.36. The van der Waals surface area contributed by atoms with Crippen LogP contribution in [0.3, 0.4) is 0 Å². The van der Waals surface area contributed by atoms with Gasteiger partial charge in [0.25, 0.3) is 5.91 Å². The molecule has 1 aromatic carbocycles. The molecule has 116 valence electrons. The Hall–Kier alpha value is -0.940. The number of nitrogens with zero attached hydrogens (tertiary/aromatic N) is 1. The quantitative estimate of drug-likeness (QED) is 0.876. The molecule has 5 heteroatoms. The third-order valence-electron chi connectivity index (χ3n) is 3.88. The molecule has 1 aromatic rings. The molecule has 0 bridgehead atoms. The topological polar surface area (TPSA) is 32.3 Å². The maximum atomic E-state index is 13.6. The smallest absolute Gasteiger partial charge is 0.253 e. The van der Waals surface area contributed by atoms with Crippen LogP contribution in [-0.4, -0.2) is 37.0 Å². The minimum Gasteiger partial charge on any atom is -0.338 e. The molecule has 0 spiro atoms. The predicted octanol–water partition coefficient (Wildman–Crippen LogP) is 3.44. The molecule has 1 amide bonds. The molecular formula is C16H22BrFN2O. The minimum absolute atomic E-state index is 0.0678. The van der Waals surface area contributed by atoms with Crippen LogP contribution in [0, 0.1) is 11.7 Å². The van der Waals surface area contributed by atoms with Gasteiger partial charge in [-0.05, 0) is 72.4 Å². The molecule has 2 rings (SSSR count). The van der Waals surface area contributed by atoms with E-state index in [1.165, 1.54) is 6.07 Å². The van der Waals surface area contributed by atoms with E-state index in [0.29, 0.717) is 16.0 Å². The summed E-state index contributed by atoms with van der Waals surface area (Å²) in [6.45, 7) is 5.59. The van der Waals surface area contributed by atoms with Gasteiger partial charge in [-0.2, -0.15) is 0 Å². The second-order valence-electron chi connectivity index (χ2n) is 5.57. The van der Waals surface area contributed by atoms with Crippen LogP contribution in [0.1, 0.15) is 36.5 Å². The maximum absolute atomic E-state index is 13.6. The fraction of sp³-hybridized carbons (Fsp3) is 0.562. The summed E-state index contributed by atoms with van der Waals surface area (Å²) >= 11 is 3.12. The van der Waals surface area contributed by atoms with Crippen LogP contribution >= 0.6 is 15.9 Å².